The number of hydrogen-bond acceptors (Lipinski definition) is 2. The summed E-state index contributed by atoms with van der Waals surface area (Å²) in [6.07, 6.45) is 0. The van der Waals surface area contributed by atoms with Crippen molar-refractivity contribution < 1.29 is 9.53 Å². The maximum absolute atomic E-state index is 12.3. The Kier molecular flexibility index (Phi) is 5.67. The van der Waals surface area contributed by atoms with Gasteiger partial charge < -0.3 is 9.64 Å². The third-order valence-corrected chi connectivity index (χ3v) is 3.61. The fraction of sp³-hybridized carbons (Fsp3) is 0.533. The van der Waals surface area contributed by atoms with Gasteiger partial charge in [-0.25, -0.2) is 0 Å². The number of carbonyl (C=O) groups excluding carboxylic acids is 1. The predicted molar refractivity (Wildman–Crippen MR) is 78.6 cm³/mol. The molecule has 19 heavy (non-hydrogen) atoms. The van der Waals surface area contributed by atoms with Crippen molar-refractivity contribution in [3.63, 3.8) is 0 Å². The molecule has 1 aromatic rings. The van der Waals surface area contributed by atoms with Gasteiger partial charge >= 0.3 is 0 Å². The average molecular weight is 284 g/mol. The molecule has 1 amide bonds. The fourth-order valence-corrected chi connectivity index (χ4v) is 1.95. The Balaban J connectivity index is 2.82. The van der Waals surface area contributed by atoms with Crippen LogP contribution >= 0.6 is 11.6 Å². The number of hydrogen-bond donors (Lipinski definition) is 0. The first kappa shape index (κ1) is 15.8. The Bertz CT molecular complexity index is 432. The van der Waals surface area contributed by atoms with Crippen LogP contribution < -0.4 is 4.74 Å². The van der Waals surface area contributed by atoms with Crippen molar-refractivity contribution in [2.75, 3.05) is 19.5 Å². The lowest BCUT2D eigenvalue weighted by atomic mass is 9.94. The molecule has 106 valence electrons. The molecule has 4 heteroatoms. The van der Waals surface area contributed by atoms with Crippen LogP contribution in [0.25, 0.3) is 0 Å². The number of rotatable bonds is 6. The molecule has 0 spiro atoms. The number of para-hydroxylation sites is 1. The van der Waals surface area contributed by atoms with E-state index in [9.17, 15) is 4.79 Å². The minimum atomic E-state index is -0.545. The molecule has 0 bridgehead atoms. The van der Waals surface area contributed by atoms with Crippen LogP contribution in [0.1, 0.15) is 26.3 Å². The first-order valence-electron chi connectivity index (χ1n) is 6.44. The van der Waals surface area contributed by atoms with Crippen molar-refractivity contribution in [1.82, 2.24) is 4.90 Å². The van der Waals surface area contributed by atoms with Crippen LogP contribution in [0, 0.1) is 5.41 Å². The third-order valence-electron chi connectivity index (χ3n) is 2.94. The number of ether oxygens (including phenoxy) is 1. The first-order valence-corrected chi connectivity index (χ1v) is 6.98. The molecule has 0 radical (unpaired) electrons. The van der Waals surface area contributed by atoms with E-state index in [1.54, 1.807) is 11.9 Å². The Hall–Kier alpha value is -1.22. The summed E-state index contributed by atoms with van der Waals surface area (Å²) in [5.74, 6) is 1.17. The SMILES string of the molecule is CCOc1ccccc1CN(C)C(=O)C(C)(C)CCl. The third kappa shape index (κ3) is 4.13. The number of nitrogens with zero attached hydrogens (tertiary/aromatic N) is 1. The molecule has 0 aliphatic rings. The molecule has 0 atom stereocenters. The molecule has 0 aliphatic heterocycles. The smallest absolute Gasteiger partial charge is 0.229 e. The van der Waals surface area contributed by atoms with E-state index in [0.717, 1.165) is 11.3 Å². The zero-order valence-corrected chi connectivity index (χ0v) is 12.8. The van der Waals surface area contributed by atoms with E-state index in [1.807, 2.05) is 45.0 Å². The Morgan fingerprint density at radius 1 is 1.37 bits per heavy atom. The summed E-state index contributed by atoms with van der Waals surface area (Å²) >= 11 is 5.84. The van der Waals surface area contributed by atoms with E-state index in [4.69, 9.17) is 16.3 Å². The molecule has 0 saturated heterocycles. The fourth-order valence-electron chi connectivity index (χ4n) is 1.83. The number of carbonyl (C=O) groups is 1. The van der Waals surface area contributed by atoms with E-state index in [2.05, 4.69) is 0 Å². The number of benzene rings is 1. The Morgan fingerprint density at radius 2 is 2.00 bits per heavy atom. The minimum absolute atomic E-state index is 0.0359. The van der Waals surface area contributed by atoms with Gasteiger partial charge in [0.05, 0.1) is 12.0 Å². The summed E-state index contributed by atoms with van der Waals surface area (Å²) in [4.78, 5) is 14.0. The molecule has 0 aromatic heterocycles. The monoisotopic (exact) mass is 283 g/mol. The number of alkyl halides is 1. The highest BCUT2D eigenvalue weighted by Crippen LogP contribution is 2.24. The molecule has 0 aliphatic carbocycles. The summed E-state index contributed by atoms with van der Waals surface area (Å²) < 4.78 is 5.57. The summed E-state index contributed by atoms with van der Waals surface area (Å²) in [5.41, 5.74) is 0.460. The normalized spacial score (nSPS) is 11.2. The lowest BCUT2D eigenvalue weighted by Crippen LogP contribution is -2.39. The maximum atomic E-state index is 12.3. The summed E-state index contributed by atoms with van der Waals surface area (Å²) in [6, 6.07) is 7.77. The van der Waals surface area contributed by atoms with Crippen molar-refractivity contribution in [2.24, 2.45) is 5.41 Å². The molecule has 0 saturated carbocycles. The Morgan fingerprint density at radius 3 is 2.58 bits per heavy atom. The van der Waals surface area contributed by atoms with E-state index in [1.165, 1.54) is 0 Å². The number of amides is 1. The van der Waals surface area contributed by atoms with Crippen molar-refractivity contribution in [1.29, 1.82) is 0 Å². The zero-order chi connectivity index (χ0) is 14.5. The number of halogens is 1. The van der Waals surface area contributed by atoms with E-state index in [-0.39, 0.29) is 5.91 Å². The van der Waals surface area contributed by atoms with Gasteiger partial charge in [-0.05, 0) is 26.8 Å². The van der Waals surface area contributed by atoms with Gasteiger partial charge in [-0.1, -0.05) is 18.2 Å². The van der Waals surface area contributed by atoms with Gasteiger partial charge in [0.2, 0.25) is 5.91 Å². The molecule has 0 unspecified atom stereocenters. The highest BCUT2D eigenvalue weighted by atomic mass is 35.5. The van der Waals surface area contributed by atoms with Gasteiger partial charge in [0, 0.05) is 25.0 Å². The molecular formula is C15H22ClNO2. The van der Waals surface area contributed by atoms with Crippen LogP contribution in [0.2, 0.25) is 0 Å². The summed E-state index contributed by atoms with van der Waals surface area (Å²) in [7, 11) is 1.79. The van der Waals surface area contributed by atoms with Crippen LogP contribution in [0.3, 0.4) is 0 Å². The van der Waals surface area contributed by atoms with Gasteiger partial charge in [0.15, 0.2) is 0 Å². The molecule has 0 N–H and O–H groups in total. The van der Waals surface area contributed by atoms with E-state index < -0.39 is 5.41 Å². The maximum Gasteiger partial charge on any atom is 0.229 e. The standard InChI is InChI=1S/C15H22ClNO2/c1-5-19-13-9-7-6-8-12(13)10-17(4)14(18)15(2,3)11-16/h6-9H,5,10-11H2,1-4H3. The van der Waals surface area contributed by atoms with Gasteiger partial charge in [-0.2, -0.15) is 0 Å². The molecule has 3 nitrogen and oxygen atoms in total. The van der Waals surface area contributed by atoms with Crippen molar-refractivity contribution in [3.8, 4) is 5.75 Å². The summed E-state index contributed by atoms with van der Waals surface area (Å²) in [5, 5.41) is 0. The topological polar surface area (TPSA) is 29.5 Å². The van der Waals surface area contributed by atoms with Crippen LogP contribution in [0.4, 0.5) is 0 Å². The highest BCUT2D eigenvalue weighted by molar-refractivity contribution is 6.19. The molecule has 0 fully saturated rings. The van der Waals surface area contributed by atoms with Crippen molar-refractivity contribution >= 4 is 17.5 Å². The molecular weight excluding hydrogens is 262 g/mol. The second-order valence-corrected chi connectivity index (χ2v) is 5.49. The van der Waals surface area contributed by atoms with Gasteiger partial charge in [0.25, 0.3) is 0 Å². The van der Waals surface area contributed by atoms with Crippen LogP contribution in [-0.2, 0) is 11.3 Å². The van der Waals surface area contributed by atoms with Crippen LogP contribution in [0.5, 0.6) is 5.75 Å². The van der Waals surface area contributed by atoms with Gasteiger partial charge in [-0.15, -0.1) is 11.6 Å². The first-order chi connectivity index (χ1) is 8.92. The van der Waals surface area contributed by atoms with Crippen LogP contribution in [-0.4, -0.2) is 30.3 Å². The van der Waals surface area contributed by atoms with Gasteiger partial charge in [-0.3, -0.25) is 4.79 Å². The minimum Gasteiger partial charge on any atom is -0.494 e. The van der Waals surface area contributed by atoms with Gasteiger partial charge in [0.1, 0.15) is 5.75 Å². The second kappa shape index (κ2) is 6.80. The molecule has 1 aromatic carbocycles. The van der Waals surface area contributed by atoms with Crippen LogP contribution in [0.15, 0.2) is 24.3 Å². The van der Waals surface area contributed by atoms with E-state index >= 15 is 0 Å². The average Bonchev–Trinajstić information content (AvgIpc) is 2.40. The lowest BCUT2D eigenvalue weighted by Gasteiger charge is -2.28. The second-order valence-electron chi connectivity index (χ2n) is 5.22. The largest absolute Gasteiger partial charge is 0.494 e. The van der Waals surface area contributed by atoms with Crippen molar-refractivity contribution in [2.45, 2.75) is 27.3 Å². The van der Waals surface area contributed by atoms with Crippen molar-refractivity contribution in [3.05, 3.63) is 29.8 Å². The molecule has 1 rings (SSSR count). The highest BCUT2D eigenvalue weighted by Gasteiger charge is 2.29. The Labute approximate surface area is 120 Å². The summed E-state index contributed by atoms with van der Waals surface area (Å²) in [6.45, 7) is 6.79. The quantitative estimate of drug-likeness (QED) is 0.750. The lowest BCUT2D eigenvalue weighted by molar-refractivity contribution is -0.138. The predicted octanol–water partition coefficient (Wildman–Crippen LogP) is 3.31. The molecule has 0 heterocycles. The zero-order valence-electron chi connectivity index (χ0n) is 12.1. The van der Waals surface area contributed by atoms with E-state index in [0.29, 0.717) is 19.0 Å².